The van der Waals surface area contributed by atoms with Crippen LogP contribution in [-0.4, -0.2) is 6.04 Å². The van der Waals surface area contributed by atoms with Gasteiger partial charge in [0.1, 0.15) is 6.07 Å². The van der Waals surface area contributed by atoms with E-state index < -0.39 is 0 Å². The number of rotatable bonds is 2. The molecule has 15 heavy (non-hydrogen) atoms. The Morgan fingerprint density at radius 3 is 2.73 bits per heavy atom. The molecule has 78 valence electrons. The Kier molecular flexibility index (Phi) is 2.91. The van der Waals surface area contributed by atoms with E-state index in [0.29, 0.717) is 6.04 Å². The Balaban J connectivity index is 2.18. The lowest BCUT2D eigenvalue weighted by Crippen LogP contribution is -2.15. The molecule has 2 nitrogen and oxygen atoms in total. The first-order valence-electron chi connectivity index (χ1n) is 5.57. The van der Waals surface area contributed by atoms with Crippen LogP contribution in [0.2, 0.25) is 0 Å². The normalized spacial score (nSPS) is 16.3. The lowest BCUT2D eigenvalue weighted by Gasteiger charge is -2.15. The van der Waals surface area contributed by atoms with Crippen LogP contribution < -0.4 is 5.32 Å². The first-order valence-corrected chi connectivity index (χ1v) is 5.57. The van der Waals surface area contributed by atoms with E-state index in [0.717, 1.165) is 11.3 Å². The number of nitriles is 1. The number of nitrogens with one attached hydrogen (secondary N) is 1. The fraction of sp³-hybridized carbons (Fsp3) is 0.462. The SMILES string of the molecule is Cc1ccc(C#N)c(NC2CCCC2)c1. The van der Waals surface area contributed by atoms with Crippen molar-refractivity contribution in [1.82, 2.24) is 0 Å². The highest BCUT2D eigenvalue weighted by atomic mass is 14.9. The van der Waals surface area contributed by atoms with Crippen molar-refractivity contribution < 1.29 is 0 Å². The molecule has 0 aromatic heterocycles. The van der Waals surface area contributed by atoms with E-state index in [4.69, 9.17) is 5.26 Å². The maximum Gasteiger partial charge on any atom is 0.101 e. The molecule has 1 aliphatic rings. The zero-order chi connectivity index (χ0) is 10.7. The van der Waals surface area contributed by atoms with Crippen molar-refractivity contribution in [3.05, 3.63) is 29.3 Å². The van der Waals surface area contributed by atoms with Crippen molar-refractivity contribution in [2.24, 2.45) is 0 Å². The Morgan fingerprint density at radius 1 is 1.33 bits per heavy atom. The fourth-order valence-electron chi connectivity index (χ4n) is 2.17. The summed E-state index contributed by atoms with van der Waals surface area (Å²) >= 11 is 0. The van der Waals surface area contributed by atoms with E-state index in [-0.39, 0.29) is 0 Å². The van der Waals surface area contributed by atoms with Gasteiger partial charge < -0.3 is 5.32 Å². The molecule has 1 aromatic rings. The number of benzene rings is 1. The van der Waals surface area contributed by atoms with E-state index in [1.807, 2.05) is 12.1 Å². The van der Waals surface area contributed by atoms with Gasteiger partial charge in [0, 0.05) is 6.04 Å². The predicted molar refractivity (Wildman–Crippen MR) is 61.8 cm³/mol. The quantitative estimate of drug-likeness (QED) is 0.795. The van der Waals surface area contributed by atoms with Crippen LogP contribution in [0.1, 0.15) is 36.8 Å². The molecule has 0 spiro atoms. The Morgan fingerprint density at radius 2 is 2.07 bits per heavy atom. The Bertz CT molecular complexity index is 384. The summed E-state index contributed by atoms with van der Waals surface area (Å²) in [5.74, 6) is 0. The molecule has 2 rings (SSSR count). The minimum Gasteiger partial charge on any atom is -0.381 e. The molecule has 0 atom stereocenters. The molecule has 0 heterocycles. The lowest BCUT2D eigenvalue weighted by atomic mass is 10.1. The molecule has 0 bridgehead atoms. The van der Waals surface area contributed by atoms with E-state index in [1.54, 1.807) is 0 Å². The van der Waals surface area contributed by atoms with Gasteiger partial charge in [-0.2, -0.15) is 5.26 Å². The summed E-state index contributed by atoms with van der Waals surface area (Å²) in [5.41, 5.74) is 2.96. The van der Waals surface area contributed by atoms with Crippen LogP contribution >= 0.6 is 0 Å². The second kappa shape index (κ2) is 4.35. The third-order valence-electron chi connectivity index (χ3n) is 3.01. The van der Waals surface area contributed by atoms with E-state index in [2.05, 4.69) is 24.4 Å². The van der Waals surface area contributed by atoms with E-state index in [1.165, 1.54) is 31.2 Å². The molecular weight excluding hydrogens is 184 g/mol. The number of anilines is 1. The molecule has 1 saturated carbocycles. The lowest BCUT2D eigenvalue weighted by molar-refractivity contribution is 0.755. The standard InChI is InChI=1S/C13H16N2/c1-10-6-7-11(9-14)13(8-10)15-12-4-2-3-5-12/h6-8,12,15H,2-5H2,1H3. The van der Waals surface area contributed by atoms with Crippen molar-refractivity contribution in [3.63, 3.8) is 0 Å². The van der Waals surface area contributed by atoms with Gasteiger partial charge in [0.2, 0.25) is 0 Å². The Hall–Kier alpha value is -1.49. The van der Waals surface area contributed by atoms with E-state index >= 15 is 0 Å². The summed E-state index contributed by atoms with van der Waals surface area (Å²) in [5, 5.41) is 12.5. The van der Waals surface area contributed by atoms with Crippen LogP contribution in [0.15, 0.2) is 18.2 Å². The number of aryl methyl sites for hydroxylation is 1. The highest BCUT2D eigenvalue weighted by Gasteiger charge is 2.15. The van der Waals surface area contributed by atoms with Gasteiger partial charge in [-0.1, -0.05) is 18.9 Å². The summed E-state index contributed by atoms with van der Waals surface area (Å²) in [6.45, 7) is 2.06. The molecule has 0 aliphatic heterocycles. The number of hydrogen-bond acceptors (Lipinski definition) is 2. The monoisotopic (exact) mass is 200 g/mol. The second-order valence-electron chi connectivity index (χ2n) is 4.29. The molecule has 1 aliphatic carbocycles. The summed E-state index contributed by atoms with van der Waals surface area (Å²) < 4.78 is 0. The van der Waals surface area contributed by atoms with Crippen LogP contribution in [0.25, 0.3) is 0 Å². The van der Waals surface area contributed by atoms with Crippen LogP contribution in [0, 0.1) is 18.3 Å². The molecule has 0 radical (unpaired) electrons. The van der Waals surface area contributed by atoms with Gasteiger partial charge >= 0.3 is 0 Å². The van der Waals surface area contributed by atoms with Gasteiger partial charge in [-0.15, -0.1) is 0 Å². The topological polar surface area (TPSA) is 35.8 Å². The molecule has 1 fully saturated rings. The van der Waals surface area contributed by atoms with Gasteiger partial charge in [-0.05, 0) is 37.5 Å². The zero-order valence-electron chi connectivity index (χ0n) is 9.09. The minimum atomic E-state index is 0.568. The third kappa shape index (κ3) is 2.30. The molecule has 2 heteroatoms. The number of hydrogen-bond donors (Lipinski definition) is 1. The highest BCUT2D eigenvalue weighted by Crippen LogP contribution is 2.24. The average molecular weight is 200 g/mol. The van der Waals surface area contributed by atoms with E-state index in [9.17, 15) is 0 Å². The summed E-state index contributed by atoms with van der Waals surface area (Å²) in [6, 6.07) is 8.75. The molecular formula is C13H16N2. The second-order valence-corrected chi connectivity index (χ2v) is 4.29. The molecule has 1 N–H and O–H groups in total. The highest BCUT2D eigenvalue weighted by molar-refractivity contribution is 5.59. The predicted octanol–water partition coefficient (Wildman–Crippen LogP) is 3.22. The maximum absolute atomic E-state index is 8.99. The Labute approximate surface area is 90.9 Å². The molecule has 0 unspecified atom stereocenters. The molecule has 0 saturated heterocycles. The maximum atomic E-state index is 8.99. The average Bonchev–Trinajstić information content (AvgIpc) is 2.71. The van der Waals surface area contributed by atoms with Gasteiger partial charge in [0.25, 0.3) is 0 Å². The smallest absolute Gasteiger partial charge is 0.101 e. The zero-order valence-corrected chi connectivity index (χ0v) is 9.09. The summed E-state index contributed by atoms with van der Waals surface area (Å²) in [4.78, 5) is 0. The fourth-order valence-corrected chi connectivity index (χ4v) is 2.17. The first-order chi connectivity index (χ1) is 7.29. The van der Waals surface area contributed by atoms with Crippen molar-refractivity contribution in [2.75, 3.05) is 5.32 Å². The van der Waals surface area contributed by atoms with Gasteiger partial charge in [0.05, 0.1) is 11.3 Å². The van der Waals surface area contributed by atoms with Crippen LogP contribution in [0.4, 0.5) is 5.69 Å². The van der Waals surface area contributed by atoms with Crippen LogP contribution in [0.3, 0.4) is 0 Å². The van der Waals surface area contributed by atoms with Crippen molar-refractivity contribution >= 4 is 5.69 Å². The number of nitrogens with zero attached hydrogens (tertiary/aromatic N) is 1. The summed E-state index contributed by atoms with van der Waals surface area (Å²) in [6.07, 6.45) is 5.09. The molecule has 0 amide bonds. The van der Waals surface area contributed by atoms with Crippen molar-refractivity contribution in [3.8, 4) is 6.07 Å². The van der Waals surface area contributed by atoms with Gasteiger partial charge in [-0.25, -0.2) is 0 Å². The molecule has 1 aromatic carbocycles. The van der Waals surface area contributed by atoms with Gasteiger partial charge in [0.15, 0.2) is 0 Å². The van der Waals surface area contributed by atoms with Crippen molar-refractivity contribution in [2.45, 2.75) is 38.6 Å². The largest absolute Gasteiger partial charge is 0.381 e. The first kappa shape index (κ1) is 10.0. The van der Waals surface area contributed by atoms with Crippen molar-refractivity contribution in [1.29, 1.82) is 5.26 Å². The van der Waals surface area contributed by atoms with Crippen LogP contribution in [-0.2, 0) is 0 Å². The minimum absolute atomic E-state index is 0.568. The third-order valence-corrected chi connectivity index (χ3v) is 3.01. The van der Waals surface area contributed by atoms with Gasteiger partial charge in [-0.3, -0.25) is 0 Å². The summed E-state index contributed by atoms with van der Waals surface area (Å²) in [7, 11) is 0. The van der Waals surface area contributed by atoms with Crippen LogP contribution in [0.5, 0.6) is 0 Å².